The zero-order valence-corrected chi connectivity index (χ0v) is 12.0. The molecule has 0 aliphatic heterocycles. The fourth-order valence-electron chi connectivity index (χ4n) is 2.11. The molecule has 0 N–H and O–H groups in total. The molecule has 0 saturated carbocycles. The van der Waals surface area contributed by atoms with Crippen molar-refractivity contribution in [3.05, 3.63) is 56.8 Å². The first kappa shape index (κ1) is 12.7. The molecule has 17 heavy (non-hydrogen) atoms. The summed E-state index contributed by atoms with van der Waals surface area (Å²) in [5.74, 6) is 0. The Bertz CT molecular complexity index is 513. The lowest BCUT2D eigenvalue weighted by Crippen LogP contribution is -1.97. The molecule has 1 heterocycles. The van der Waals surface area contributed by atoms with Crippen molar-refractivity contribution >= 4 is 22.9 Å². The highest BCUT2D eigenvalue weighted by Gasteiger charge is 2.17. The summed E-state index contributed by atoms with van der Waals surface area (Å²) in [7, 11) is 0. The molecule has 0 saturated heterocycles. The van der Waals surface area contributed by atoms with Crippen LogP contribution in [0.3, 0.4) is 0 Å². The number of benzene rings is 1. The Morgan fingerprint density at radius 3 is 2.65 bits per heavy atom. The van der Waals surface area contributed by atoms with E-state index in [0.29, 0.717) is 0 Å². The average molecular weight is 265 g/mol. The SMILES string of the molecule is CCc1ccsc1C(Cl)c1ccc(C)cc1C. The van der Waals surface area contributed by atoms with E-state index in [9.17, 15) is 0 Å². The van der Waals surface area contributed by atoms with Crippen LogP contribution >= 0.6 is 22.9 Å². The molecule has 0 fully saturated rings. The highest BCUT2D eigenvalue weighted by molar-refractivity contribution is 7.10. The molecule has 0 nitrogen and oxygen atoms in total. The first-order valence-corrected chi connectivity index (χ1v) is 7.22. The second-order valence-electron chi connectivity index (χ2n) is 4.39. The van der Waals surface area contributed by atoms with Crippen molar-refractivity contribution in [1.82, 2.24) is 0 Å². The number of thiophene rings is 1. The fraction of sp³-hybridized carbons (Fsp3) is 0.333. The van der Waals surface area contributed by atoms with Crippen LogP contribution in [0.15, 0.2) is 29.6 Å². The van der Waals surface area contributed by atoms with Gasteiger partial charge in [-0.05, 0) is 48.4 Å². The smallest absolute Gasteiger partial charge is 0.0933 e. The van der Waals surface area contributed by atoms with Gasteiger partial charge in [0, 0.05) is 4.88 Å². The highest BCUT2D eigenvalue weighted by Crippen LogP contribution is 2.36. The molecule has 2 heteroatoms. The van der Waals surface area contributed by atoms with Gasteiger partial charge in [0.05, 0.1) is 5.38 Å². The predicted octanol–water partition coefficient (Wildman–Crippen LogP) is 5.26. The van der Waals surface area contributed by atoms with Crippen LogP contribution < -0.4 is 0 Å². The Morgan fingerprint density at radius 2 is 2.00 bits per heavy atom. The van der Waals surface area contributed by atoms with Crippen LogP contribution in [0.2, 0.25) is 0 Å². The number of hydrogen-bond donors (Lipinski definition) is 0. The summed E-state index contributed by atoms with van der Waals surface area (Å²) < 4.78 is 0. The second-order valence-corrected chi connectivity index (χ2v) is 5.77. The largest absolute Gasteiger partial charge is 0.147 e. The Morgan fingerprint density at radius 1 is 1.24 bits per heavy atom. The van der Waals surface area contributed by atoms with Gasteiger partial charge in [0.1, 0.15) is 0 Å². The summed E-state index contributed by atoms with van der Waals surface area (Å²) in [4.78, 5) is 1.29. The zero-order chi connectivity index (χ0) is 12.4. The van der Waals surface area contributed by atoms with Gasteiger partial charge in [-0.25, -0.2) is 0 Å². The van der Waals surface area contributed by atoms with E-state index in [0.717, 1.165) is 6.42 Å². The van der Waals surface area contributed by atoms with Crippen molar-refractivity contribution in [2.24, 2.45) is 0 Å². The van der Waals surface area contributed by atoms with Crippen molar-refractivity contribution in [2.45, 2.75) is 32.6 Å². The van der Waals surface area contributed by atoms with Gasteiger partial charge in [-0.15, -0.1) is 22.9 Å². The molecule has 1 atom stereocenters. The topological polar surface area (TPSA) is 0 Å². The molecule has 2 aromatic rings. The number of rotatable bonds is 3. The molecule has 90 valence electrons. The number of aryl methyl sites for hydroxylation is 3. The molecular formula is C15H17ClS. The van der Waals surface area contributed by atoms with E-state index in [1.165, 1.54) is 27.1 Å². The lowest BCUT2D eigenvalue weighted by molar-refractivity contribution is 1.06. The average Bonchev–Trinajstić information content (AvgIpc) is 2.76. The minimum Gasteiger partial charge on any atom is -0.147 e. The molecule has 2 rings (SSSR count). The lowest BCUT2D eigenvalue weighted by Gasteiger charge is -2.13. The van der Waals surface area contributed by atoms with Crippen LogP contribution in [0, 0.1) is 13.8 Å². The number of alkyl halides is 1. The Balaban J connectivity index is 2.40. The third-order valence-corrected chi connectivity index (χ3v) is 4.70. The highest BCUT2D eigenvalue weighted by atomic mass is 35.5. The van der Waals surface area contributed by atoms with Gasteiger partial charge in [-0.2, -0.15) is 0 Å². The molecule has 0 spiro atoms. The molecule has 0 aliphatic rings. The lowest BCUT2D eigenvalue weighted by atomic mass is 10.0. The third kappa shape index (κ3) is 2.56. The van der Waals surface area contributed by atoms with Crippen LogP contribution in [0.25, 0.3) is 0 Å². The molecule has 0 bridgehead atoms. The van der Waals surface area contributed by atoms with Gasteiger partial charge in [0.2, 0.25) is 0 Å². The van der Waals surface area contributed by atoms with E-state index >= 15 is 0 Å². The first-order chi connectivity index (χ1) is 8.13. The summed E-state index contributed by atoms with van der Waals surface area (Å²) in [5, 5.41) is 2.12. The molecule has 0 radical (unpaired) electrons. The van der Waals surface area contributed by atoms with Crippen LogP contribution in [0.4, 0.5) is 0 Å². The zero-order valence-electron chi connectivity index (χ0n) is 10.5. The normalized spacial score (nSPS) is 12.7. The van der Waals surface area contributed by atoms with Gasteiger partial charge < -0.3 is 0 Å². The number of hydrogen-bond acceptors (Lipinski definition) is 1. The number of halogens is 1. The standard InChI is InChI=1S/C15H17ClS/c1-4-12-7-8-17-15(12)14(16)13-6-5-10(2)9-11(13)3/h5-9,14H,4H2,1-3H3. The summed E-state index contributed by atoms with van der Waals surface area (Å²) in [6, 6.07) is 8.67. The third-order valence-electron chi connectivity index (χ3n) is 3.09. The Labute approximate surface area is 112 Å². The van der Waals surface area contributed by atoms with Crippen LogP contribution in [-0.4, -0.2) is 0 Å². The summed E-state index contributed by atoms with van der Waals surface area (Å²) in [5.41, 5.74) is 5.17. The molecule has 1 unspecified atom stereocenters. The van der Waals surface area contributed by atoms with Gasteiger partial charge in [-0.1, -0.05) is 30.7 Å². The van der Waals surface area contributed by atoms with Crippen molar-refractivity contribution in [2.75, 3.05) is 0 Å². The van der Waals surface area contributed by atoms with Crippen molar-refractivity contribution in [3.63, 3.8) is 0 Å². The molecule has 1 aromatic heterocycles. The summed E-state index contributed by atoms with van der Waals surface area (Å²) in [6.07, 6.45) is 1.05. The van der Waals surface area contributed by atoms with E-state index in [2.05, 4.69) is 50.4 Å². The maximum Gasteiger partial charge on any atom is 0.0933 e. The van der Waals surface area contributed by atoms with Gasteiger partial charge in [-0.3, -0.25) is 0 Å². The predicted molar refractivity (Wildman–Crippen MR) is 77.3 cm³/mol. The van der Waals surface area contributed by atoms with E-state index in [1.807, 2.05) is 0 Å². The van der Waals surface area contributed by atoms with E-state index in [1.54, 1.807) is 11.3 Å². The monoisotopic (exact) mass is 264 g/mol. The van der Waals surface area contributed by atoms with Gasteiger partial charge in [0.15, 0.2) is 0 Å². The Hall–Kier alpha value is -0.790. The summed E-state index contributed by atoms with van der Waals surface area (Å²) >= 11 is 8.38. The molecule has 0 aliphatic carbocycles. The fourth-order valence-corrected chi connectivity index (χ4v) is 3.64. The van der Waals surface area contributed by atoms with Crippen molar-refractivity contribution in [1.29, 1.82) is 0 Å². The molecule has 1 aromatic carbocycles. The second kappa shape index (κ2) is 5.24. The van der Waals surface area contributed by atoms with Crippen LogP contribution in [-0.2, 0) is 6.42 Å². The quantitative estimate of drug-likeness (QED) is 0.664. The minimum absolute atomic E-state index is 0.00875. The van der Waals surface area contributed by atoms with E-state index in [4.69, 9.17) is 11.6 Å². The molecular weight excluding hydrogens is 248 g/mol. The van der Waals surface area contributed by atoms with Crippen molar-refractivity contribution < 1.29 is 0 Å². The summed E-state index contributed by atoms with van der Waals surface area (Å²) in [6.45, 7) is 6.43. The van der Waals surface area contributed by atoms with Gasteiger partial charge in [0.25, 0.3) is 0 Å². The van der Waals surface area contributed by atoms with Crippen molar-refractivity contribution in [3.8, 4) is 0 Å². The maximum absolute atomic E-state index is 6.62. The van der Waals surface area contributed by atoms with Gasteiger partial charge >= 0.3 is 0 Å². The Kier molecular flexibility index (Phi) is 3.90. The first-order valence-electron chi connectivity index (χ1n) is 5.91. The van der Waals surface area contributed by atoms with E-state index in [-0.39, 0.29) is 5.38 Å². The van der Waals surface area contributed by atoms with Crippen LogP contribution in [0.1, 0.15) is 39.4 Å². The van der Waals surface area contributed by atoms with E-state index < -0.39 is 0 Å². The van der Waals surface area contributed by atoms with Crippen LogP contribution in [0.5, 0.6) is 0 Å². The maximum atomic E-state index is 6.62. The minimum atomic E-state index is -0.00875. The molecule has 0 amide bonds.